The molecule has 7 atom stereocenters. The van der Waals surface area contributed by atoms with Gasteiger partial charge in [-0.25, -0.2) is 0 Å². The number of carbonyl (C=O) groups excluding carboxylic acids is 1. The fourth-order valence-corrected chi connectivity index (χ4v) is 6.05. The van der Waals surface area contributed by atoms with Crippen molar-refractivity contribution in [2.75, 3.05) is 19.6 Å². The molecule has 180 valence electrons. The van der Waals surface area contributed by atoms with Crippen molar-refractivity contribution < 1.29 is 9.53 Å². The number of nitrogens with one attached hydrogen (secondary N) is 4. The summed E-state index contributed by atoms with van der Waals surface area (Å²) in [5.74, 6) is 1.52. The van der Waals surface area contributed by atoms with E-state index < -0.39 is 0 Å². The Morgan fingerprint density at radius 1 is 1.25 bits per heavy atom. The molecule has 3 saturated heterocycles. The Hall–Kier alpha value is -1.21. The molecule has 0 spiro atoms. The lowest BCUT2D eigenvalue weighted by Gasteiger charge is -2.38. The summed E-state index contributed by atoms with van der Waals surface area (Å²) in [6.07, 6.45) is 13.7. The molecular formula is C26H44N4O2. The van der Waals surface area contributed by atoms with Crippen LogP contribution in [0.4, 0.5) is 0 Å². The molecule has 4 N–H and O–H groups in total. The maximum absolute atomic E-state index is 12.6. The first-order valence-electron chi connectivity index (χ1n) is 13.0. The molecule has 1 aliphatic carbocycles. The quantitative estimate of drug-likeness (QED) is 0.357. The molecule has 0 aromatic heterocycles. The molecule has 3 fully saturated rings. The van der Waals surface area contributed by atoms with Crippen molar-refractivity contribution in [1.29, 1.82) is 0 Å². The van der Waals surface area contributed by atoms with Crippen molar-refractivity contribution in [2.45, 2.75) is 89.4 Å². The molecule has 4 aliphatic rings. The topological polar surface area (TPSA) is 74.4 Å². The largest absolute Gasteiger partial charge is 0.459 e. The smallest absolute Gasteiger partial charge is 0.309 e. The zero-order valence-corrected chi connectivity index (χ0v) is 20.1. The Morgan fingerprint density at radius 3 is 2.81 bits per heavy atom. The third-order valence-electron chi connectivity index (χ3n) is 8.32. The fourth-order valence-electron chi connectivity index (χ4n) is 6.05. The number of carbonyl (C=O) groups is 1. The van der Waals surface area contributed by atoms with Gasteiger partial charge in [0, 0.05) is 37.8 Å². The second-order valence-corrected chi connectivity index (χ2v) is 10.6. The van der Waals surface area contributed by atoms with Gasteiger partial charge in [-0.15, -0.1) is 0 Å². The van der Waals surface area contributed by atoms with Crippen molar-refractivity contribution in [3.05, 3.63) is 24.3 Å². The lowest BCUT2D eigenvalue weighted by molar-refractivity contribution is -0.157. The van der Waals surface area contributed by atoms with Crippen LogP contribution in [-0.2, 0) is 9.53 Å². The minimum atomic E-state index is -0.0378. The molecule has 6 heteroatoms. The predicted molar refractivity (Wildman–Crippen MR) is 129 cm³/mol. The summed E-state index contributed by atoms with van der Waals surface area (Å²) in [5, 5.41) is 7.01. The Balaban J connectivity index is 1.34. The number of ether oxygens (including phenoxy) is 1. The standard InChI is InChI=1S/C26H44N4O2/c1-4-19(26(31)32-22-14-27-15-22)13-21-9-6-8-20(12-11-17(21)2)23-16-28-30-25(23)24-10-5-7-18(3)29-24/h6,9,18-25,27-30H,2,4-5,7-8,10-16H2,1,3H3/b9-6+. The van der Waals surface area contributed by atoms with Gasteiger partial charge in [-0.05, 0) is 69.6 Å². The van der Waals surface area contributed by atoms with Gasteiger partial charge in [-0.3, -0.25) is 15.6 Å². The number of esters is 1. The molecule has 4 rings (SSSR count). The van der Waals surface area contributed by atoms with Crippen LogP contribution in [0.5, 0.6) is 0 Å². The zero-order chi connectivity index (χ0) is 22.5. The SMILES string of the molecule is C=C1CCC(C2CNNC2C2CCCC(C)N2)C/C=C/C1CC(CC)C(=O)OC1CNC1. The van der Waals surface area contributed by atoms with Gasteiger partial charge < -0.3 is 15.4 Å². The van der Waals surface area contributed by atoms with E-state index in [9.17, 15) is 4.79 Å². The van der Waals surface area contributed by atoms with Gasteiger partial charge >= 0.3 is 5.97 Å². The number of hydrogen-bond acceptors (Lipinski definition) is 6. The second-order valence-electron chi connectivity index (χ2n) is 10.6. The lowest BCUT2D eigenvalue weighted by Crippen LogP contribution is -2.54. The molecule has 0 aromatic rings. The van der Waals surface area contributed by atoms with Gasteiger partial charge in [0.15, 0.2) is 0 Å². The monoisotopic (exact) mass is 444 g/mol. The van der Waals surface area contributed by atoms with E-state index in [4.69, 9.17) is 4.74 Å². The van der Waals surface area contributed by atoms with E-state index in [0.29, 0.717) is 30.0 Å². The van der Waals surface area contributed by atoms with Crippen LogP contribution in [0.15, 0.2) is 24.3 Å². The van der Waals surface area contributed by atoms with E-state index in [2.05, 4.69) is 54.1 Å². The minimum Gasteiger partial charge on any atom is -0.459 e. The highest BCUT2D eigenvalue weighted by molar-refractivity contribution is 5.72. The summed E-state index contributed by atoms with van der Waals surface area (Å²) in [4.78, 5) is 12.6. The van der Waals surface area contributed by atoms with Crippen LogP contribution in [-0.4, -0.2) is 49.8 Å². The van der Waals surface area contributed by atoms with Crippen LogP contribution in [0.2, 0.25) is 0 Å². The summed E-state index contributed by atoms with van der Waals surface area (Å²) in [6, 6.07) is 1.68. The average Bonchev–Trinajstić information content (AvgIpc) is 3.23. The zero-order valence-electron chi connectivity index (χ0n) is 20.1. The van der Waals surface area contributed by atoms with Gasteiger partial charge in [0.05, 0.1) is 5.92 Å². The summed E-state index contributed by atoms with van der Waals surface area (Å²) < 4.78 is 5.66. The van der Waals surface area contributed by atoms with Gasteiger partial charge in [0.2, 0.25) is 0 Å². The van der Waals surface area contributed by atoms with Crippen LogP contribution in [0.3, 0.4) is 0 Å². The summed E-state index contributed by atoms with van der Waals surface area (Å²) >= 11 is 0. The molecule has 6 nitrogen and oxygen atoms in total. The van der Waals surface area contributed by atoms with Crippen molar-refractivity contribution in [1.82, 2.24) is 21.5 Å². The van der Waals surface area contributed by atoms with Gasteiger partial charge in [0.25, 0.3) is 0 Å². The normalized spacial score (nSPS) is 38.4. The third kappa shape index (κ3) is 5.82. The summed E-state index contributed by atoms with van der Waals surface area (Å²) in [5.41, 5.74) is 8.35. The molecule has 0 amide bonds. The van der Waals surface area contributed by atoms with E-state index in [-0.39, 0.29) is 23.9 Å². The summed E-state index contributed by atoms with van der Waals surface area (Å²) in [7, 11) is 0. The van der Waals surface area contributed by atoms with Crippen molar-refractivity contribution in [3.8, 4) is 0 Å². The van der Waals surface area contributed by atoms with E-state index in [1.807, 2.05) is 0 Å². The van der Waals surface area contributed by atoms with E-state index in [0.717, 1.165) is 45.3 Å². The van der Waals surface area contributed by atoms with Gasteiger partial charge in [-0.2, -0.15) is 0 Å². The van der Waals surface area contributed by atoms with E-state index in [1.165, 1.54) is 31.3 Å². The number of piperidine rings is 1. The maximum atomic E-state index is 12.6. The van der Waals surface area contributed by atoms with Gasteiger partial charge in [0.1, 0.15) is 6.10 Å². The molecule has 0 saturated carbocycles. The molecule has 3 aliphatic heterocycles. The molecule has 32 heavy (non-hydrogen) atoms. The van der Waals surface area contributed by atoms with Crippen LogP contribution in [0, 0.1) is 23.7 Å². The highest BCUT2D eigenvalue weighted by atomic mass is 16.5. The number of allylic oxidation sites excluding steroid dienone is 3. The third-order valence-corrected chi connectivity index (χ3v) is 8.32. The molecule has 0 bridgehead atoms. The Morgan fingerprint density at radius 2 is 2.09 bits per heavy atom. The molecule has 0 aromatic carbocycles. The molecule has 3 heterocycles. The Labute approximate surface area is 194 Å². The van der Waals surface area contributed by atoms with Crippen LogP contribution in [0.1, 0.15) is 65.2 Å². The first kappa shape index (κ1) is 23.9. The minimum absolute atomic E-state index is 0.0275. The van der Waals surface area contributed by atoms with Crippen LogP contribution < -0.4 is 21.5 Å². The maximum Gasteiger partial charge on any atom is 0.309 e. The molecule has 0 radical (unpaired) electrons. The van der Waals surface area contributed by atoms with Gasteiger partial charge in [-0.1, -0.05) is 37.6 Å². The van der Waals surface area contributed by atoms with E-state index >= 15 is 0 Å². The highest BCUT2D eigenvalue weighted by Gasteiger charge is 2.39. The van der Waals surface area contributed by atoms with Crippen molar-refractivity contribution >= 4 is 5.97 Å². The summed E-state index contributed by atoms with van der Waals surface area (Å²) in [6.45, 7) is 11.5. The van der Waals surface area contributed by atoms with Crippen molar-refractivity contribution in [2.24, 2.45) is 23.7 Å². The molecular weight excluding hydrogens is 400 g/mol. The highest BCUT2D eigenvalue weighted by Crippen LogP contribution is 2.36. The lowest BCUT2D eigenvalue weighted by atomic mass is 9.74. The predicted octanol–water partition coefficient (Wildman–Crippen LogP) is 3.07. The Kier molecular flexibility index (Phi) is 8.43. The second kappa shape index (κ2) is 11.3. The van der Waals surface area contributed by atoms with Crippen LogP contribution in [0.25, 0.3) is 0 Å². The molecule has 7 unspecified atom stereocenters. The number of rotatable bonds is 7. The first-order valence-corrected chi connectivity index (χ1v) is 13.0. The fraction of sp³-hybridized carbons (Fsp3) is 0.808. The van der Waals surface area contributed by atoms with Crippen molar-refractivity contribution in [3.63, 3.8) is 0 Å². The first-order chi connectivity index (χ1) is 15.5. The number of hydrogen-bond donors (Lipinski definition) is 4. The Bertz CT molecular complexity index is 677. The number of hydrazine groups is 1. The average molecular weight is 445 g/mol. The van der Waals surface area contributed by atoms with E-state index in [1.54, 1.807) is 0 Å². The van der Waals surface area contributed by atoms with Crippen LogP contribution >= 0.6 is 0 Å².